The molecule has 0 atom stereocenters. The molecule has 2 N–H and O–H groups in total. The Morgan fingerprint density at radius 1 is 1.32 bits per heavy atom. The predicted octanol–water partition coefficient (Wildman–Crippen LogP) is 2.78. The van der Waals surface area contributed by atoms with Crippen LogP contribution in [0.4, 0.5) is 5.69 Å². The van der Waals surface area contributed by atoms with Crippen molar-refractivity contribution < 1.29 is 14.3 Å². The maximum atomic E-state index is 11.6. The van der Waals surface area contributed by atoms with Crippen LogP contribution in [0, 0.1) is 0 Å². The van der Waals surface area contributed by atoms with Gasteiger partial charge in [-0.1, -0.05) is 0 Å². The van der Waals surface area contributed by atoms with Gasteiger partial charge in [-0.3, -0.25) is 0 Å². The molecule has 102 valence electrons. The number of H-pyrrole nitrogens is 1. The summed E-state index contributed by atoms with van der Waals surface area (Å²) < 4.78 is 10.5. The molecule has 5 heteroatoms. The normalized spacial score (nSPS) is 10.8. The zero-order valence-corrected chi connectivity index (χ0v) is 11.5. The van der Waals surface area contributed by atoms with Gasteiger partial charge in [0.15, 0.2) is 0 Å². The summed E-state index contributed by atoms with van der Waals surface area (Å²) in [5.41, 5.74) is 2.17. The first kappa shape index (κ1) is 13.3. The third kappa shape index (κ3) is 2.65. The van der Waals surface area contributed by atoms with Gasteiger partial charge in [0.2, 0.25) is 0 Å². The second-order valence-corrected chi connectivity index (χ2v) is 4.53. The molecule has 0 bridgehead atoms. The zero-order valence-electron chi connectivity index (χ0n) is 11.5. The first-order valence-electron chi connectivity index (χ1n) is 6.14. The van der Waals surface area contributed by atoms with Gasteiger partial charge in [-0.15, -0.1) is 0 Å². The molecule has 5 nitrogen and oxygen atoms in total. The van der Waals surface area contributed by atoms with E-state index in [2.05, 4.69) is 10.3 Å². The molecule has 1 aromatic carbocycles. The number of aromatic nitrogens is 1. The molecule has 0 aliphatic heterocycles. The van der Waals surface area contributed by atoms with Gasteiger partial charge in [-0.25, -0.2) is 4.79 Å². The molecule has 0 saturated carbocycles. The Morgan fingerprint density at radius 3 is 2.63 bits per heavy atom. The number of carbonyl (C=O) groups is 1. The fourth-order valence-electron chi connectivity index (χ4n) is 1.92. The van der Waals surface area contributed by atoms with Gasteiger partial charge < -0.3 is 19.8 Å². The molecule has 0 fully saturated rings. The molecule has 0 spiro atoms. The summed E-state index contributed by atoms with van der Waals surface area (Å²) in [4.78, 5) is 14.6. The fraction of sp³-hybridized carbons (Fsp3) is 0.357. The lowest BCUT2D eigenvalue weighted by Gasteiger charge is -2.12. The van der Waals surface area contributed by atoms with E-state index in [0.717, 1.165) is 22.3 Å². The van der Waals surface area contributed by atoms with Gasteiger partial charge in [-0.2, -0.15) is 0 Å². The highest BCUT2D eigenvalue weighted by molar-refractivity contribution is 5.98. The maximum Gasteiger partial charge on any atom is 0.354 e. The van der Waals surface area contributed by atoms with E-state index < -0.39 is 5.97 Å². The van der Waals surface area contributed by atoms with Crippen molar-refractivity contribution in [3.05, 3.63) is 23.9 Å². The average molecular weight is 262 g/mol. The van der Waals surface area contributed by atoms with Gasteiger partial charge >= 0.3 is 5.97 Å². The molecule has 19 heavy (non-hydrogen) atoms. The smallest absolute Gasteiger partial charge is 0.354 e. The quantitative estimate of drug-likeness (QED) is 0.832. The number of fused-ring (bicyclic) bond motifs is 1. The van der Waals surface area contributed by atoms with Crippen LogP contribution in [0.1, 0.15) is 24.3 Å². The van der Waals surface area contributed by atoms with E-state index in [9.17, 15) is 4.79 Å². The average Bonchev–Trinajstić information content (AvgIpc) is 2.81. The molecule has 2 rings (SSSR count). The first-order valence-corrected chi connectivity index (χ1v) is 6.14. The third-order valence-corrected chi connectivity index (χ3v) is 2.76. The van der Waals surface area contributed by atoms with Crippen molar-refractivity contribution in [3.63, 3.8) is 0 Å². The molecule has 0 amide bonds. The monoisotopic (exact) mass is 262 g/mol. The molecule has 0 saturated heterocycles. The number of benzene rings is 1. The van der Waals surface area contributed by atoms with Crippen LogP contribution in [0.3, 0.4) is 0 Å². The second-order valence-electron chi connectivity index (χ2n) is 4.53. The Hall–Kier alpha value is -2.17. The number of ether oxygens (including phenoxy) is 2. The highest BCUT2D eigenvalue weighted by Crippen LogP contribution is 2.31. The van der Waals surface area contributed by atoms with E-state index in [1.807, 2.05) is 33.0 Å². The van der Waals surface area contributed by atoms with Crippen LogP contribution in [0.25, 0.3) is 10.9 Å². The number of methoxy groups -OCH3 is 1. The van der Waals surface area contributed by atoms with Crippen LogP contribution in [0.15, 0.2) is 18.2 Å². The molecule has 0 radical (unpaired) electrons. The molecule has 0 unspecified atom stereocenters. The lowest BCUT2D eigenvalue weighted by Crippen LogP contribution is -2.06. The summed E-state index contributed by atoms with van der Waals surface area (Å²) in [6, 6.07) is 5.59. The highest BCUT2D eigenvalue weighted by Gasteiger charge is 2.14. The van der Waals surface area contributed by atoms with Gasteiger partial charge in [-0.05, 0) is 26.0 Å². The number of nitrogens with one attached hydrogen (secondary N) is 2. The first-order chi connectivity index (χ1) is 9.05. The number of rotatable bonds is 4. The summed E-state index contributed by atoms with van der Waals surface area (Å²) in [5.74, 6) is 0.348. The van der Waals surface area contributed by atoms with E-state index in [1.165, 1.54) is 7.11 Å². The number of hydrogen-bond acceptors (Lipinski definition) is 4. The van der Waals surface area contributed by atoms with Gasteiger partial charge in [0, 0.05) is 24.2 Å². The Kier molecular flexibility index (Phi) is 3.64. The topological polar surface area (TPSA) is 63.4 Å². The molecule has 1 heterocycles. The van der Waals surface area contributed by atoms with E-state index in [0.29, 0.717) is 5.69 Å². The van der Waals surface area contributed by atoms with Crippen LogP contribution in [0.5, 0.6) is 5.75 Å². The van der Waals surface area contributed by atoms with Crippen molar-refractivity contribution in [2.75, 3.05) is 19.5 Å². The molecule has 0 aliphatic carbocycles. The summed E-state index contributed by atoms with van der Waals surface area (Å²) in [7, 11) is 3.20. The summed E-state index contributed by atoms with van der Waals surface area (Å²) in [6.45, 7) is 3.93. The van der Waals surface area contributed by atoms with Gasteiger partial charge in [0.25, 0.3) is 0 Å². The van der Waals surface area contributed by atoms with E-state index in [-0.39, 0.29) is 6.10 Å². The van der Waals surface area contributed by atoms with Crippen molar-refractivity contribution in [3.8, 4) is 5.75 Å². The SMILES string of the molecule is CNc1cc(OC(C)C)c2cc(C(=O)OC)[nH]c2c1. The minimum Gasteiger partial charge on any atom is -0.490 e. The largest absolute Gasteiger partial charge is 0.490 e. The number of esters is 1. The zero-order chi connectivity index (χ0) is 14.0. The van der Waals surface area contributed by atoms with Crippen molar-refractivity contribution in [2.24, 2.45) is 0 Å². The molecule has 2 aromatic rings. The molecule has 1 aromatic heterocycles. The Morgan fingerprint density at radius 2 is 2.05 bits per heavy atom. The Bertz CT molecular complexity index is 602. The number of aromatic amines is 1. The molecular weight excluding hydrogens is 244 g/mol. The summed E-state index contributed by atoms with van der Waals surface area (Å²) in [5, 5.41) is 3.94. The Balaban J connectivity index is 2.57. The van der Waals surface area contributed by atoms with Crippen molar-refractivity contribution >= 4 is 22.6 Å². The summed E-state index contributed by atoms with van der Waals surface area (Å²) >= 11 is 0. The van der Waals surface area contributed by atoms with E-state index in [4.69, 9.17) is 9.47 Å². The lowest BCUT2D eigenvalue weighted by molar-refractivity contribution is 0.0595. The highest BCUT2D eigenvalue weighted by atomic mass is 16.5. The minimum atomic E-state index is -0.391. The van der Waals surface area contributed by atoms with E-state index >= 15 is 0 Å². The van der Waals surface area contributed by atoms with Crippen LogP contribution in [-0.2, 0) is 4.74 Å². The Labute approximate surface area is 111 Å². The predicted molar refractivity (Wildman–Crippen MR) is 74.9 cm³/mol. The number of hydrogen-bond donors (Lipinski definition) is 2. The fourth-order valence-corrected chi connectivity index (χ4v) is 1.92. The van der Waals surface area contributed by atoms with Crippen LogP contribution < -0.4 is 10.1 Å². The van der Waals surface area contributed by atoms with Crippen molar-refractivity contribution in [2.45, 2.75) is 20.0 Å². The van der Waals surface area contributed by atoms with Gasteiger partial charge in [0.05, 0.1) is 18.7 Å². The second kappa shape index (κ2) is 5.22. The maximum absolute atomic E-state index is 11.6. The van der Waals surface area contributed by atoms with Crippen LogP contribution in [0.2, 0.25) is 0 Å². The molecule has 0 aliphatic rings. The lowest BCUT2D eigenvalue weighted by atomic mass is 10.2. The minimum absolute atomic E-state index is 0.0618. The summed E-state index contributed by atoms with van der Waals surface area (Å²) in [6.07, 6.45) is 0.0618. The van der Waals surface area contributed by atoms with E-state index in [1.54, 1.807) is 6.07 Å². The van der Waals surface area contributed by atoms with Crippen molar-refractivity contribution in [1.82, 2.24) is 4.98 Å². The van der Waals surface area contributed by atoms with Crippen LogP contribution >= 0.6 is 0 Å². The third-order valence-electron chi connectivity index (χ3n) is 2.76. The van der Waals surface area contributed by atoms with Crippen LogP contribution in [-0.4, -0.2) is 31.2 Å². The molecular formula is C14H18N2O3. The van der Waals surface area contributed by atoms with Crippen molar-refractivity contribution in [1.29, 1.82) is 0 Å². The standard InChI is InChI=1S/C14H18N2O3/c1-8(2)19-13-6-9(15-3)5-11-10(13)7-12(16-11)14(17)18-4/h5-8,15-16H,1-4H3. The van der Waals surface area contributed by atoms with Gasteiger partial charge in [0.1, 0.15) is 11.4 Å². The number of carbonyl (C=O) groups excluding carboxylic acids is 1. The number of anilines is 1.